The van der Waals surface area contributed by atoms with Gasteiger partial charge in [0, 0.05) is 15.6 Å². The van der Waals surface area contributed by atoms with Gasteiger partial charge < -0.3 is 26.3 Å². The van der Waals surface area contributed by atoms with E-state index in [-0.39, 0.29) is 21.9 Å². The second-order valence-corrected chi connectivity index (χ2v) is 7.52. The minimum atomic E-state index is -1.20. The largest absolute Gasteiger partial charge is 0.506 e. The van der Waals surface area contributed by atoms with Crippen LogP contribution in [0.2, 0.25) is 5.02 Å². The summed E-state index contributed by atoms with van der Waals surface area (Å²) in [6, 6.07) is 8.12. The Morgan fingerprint density at radius 3 is 2.68 bits per heavy atom. The van der Waals surface area contributed by atoms with E-state index in [9.17, 15) is 24.6 Å². The Bertz CT molecular complexity index is 1020. The number of aromatic hydroxyl groups is 1. The molecular weight excluding hydrogens is 494 g/mol. The first-order valence-electron chi connectivity index (χ1n) is 8.77. The molecule has 31 heavy (non-hydrogen) atoms. The fraction of sp³-hybridized carbons (Fsp3) is 0.158. The number of nitrogens with one attached hydrogen (secondary N) is 3. The number of aliphatic carboxylic acids is 1. The van der Waals surface area contributed by atoms with E-state index in [1.807, 2.05) is 0 Å². The highest BCUT2D eigenvalue weighted by Crippen LogP contribution is 2.36. The van der Waals surface area contributed by atoms with Crippen LogP contribution in [-0.4, -0.2) is 40.9 Å². The smallest absolute Gasteiger partial charge is 0.305 e. The first kappa shape index (κ1) is 24.1. The topological polar surface area (TPSA) is 166 Å². The number of nitrogens with two attached hydrogens (primary N) is 1. The lowest BCUT2D eigenvalue weighted by Gasteiger charge is -2.19. The zero-order valence-corrected chi connectivity index (χ0v) is 18.3. The SMILES string of the molecule is NNC=Nc1cccc(C(=O)NCC(=O)NC(CC(=O)O)c2cc(Br)cc(Cl)c2O)c1. The summed E-state index contributed by atoms with van der Waals surface area (Å²) in [6.45, 7) is -0.421. The number of aliphatic imine (C=N–C) groups is 1. The molecule has 0 saturated heterocycles. The van der Waals surface area contributed by atoms with Crippen molar-refractivity contribution >= 4 is 57.3 Å². The first-order chi connectivity index (χ1) is 14.7. The third-order valence-corrected chi connectivity index (χ3v) is 4.70. The van der Waals surface area contributed by atoms with E-state index in [0.717, 1.165) is 0 Å². The number of phenolic OH excluding ortho intramolecular Hbond substituents is 1. The van der Waals surface area contributed by atoms with Gasteiger partial charge in [-0.3, -0.25) is 14.4 Å². The third kappa shape index (κ3) is 7.24. The number of hydrazine groups is 1. The Kier molecular flexibility index (Phi) is 8.79. The molecule has 12 heteroatoms. The number of amides is 2. The first-order valence-corrected chi connectivity index (χ1v) is 9.94. The van der Waals surface area contributed by atoms with Gasteiger partial charge in [0.15, 0.2) is 0 Å². The Hall–Kier alpha value is -3.15. The standard InChI is InChI=1S/C19H19BrClN5O5/c20-11-5-13(18(30)14(21)6-11)15(7-17(28)29)26-16(27)8-23-19(31)10-2-1-3-12(4-10)24-9-25-22/h1-6,9,15,30H,7-8,22H2,(H,23,31)(H,24,25)(H,26,27)(H,28,29). The van der Waals surface area contributed by atoms with Crippen molar-refractivity contribution in [3.63, 3.8) is 0 Å². The van der Waals surface area contributed by atoms with Crippen LogP contribution in [0.25, 0.3) is 0 Å². The molecule has 2 aromatic rings. The Labute approximate surface area is 190 Å². The lowest BCUT2D eigenvalue weighted by atomic mass is 10.0. The summed E-state index contributed by atoms with van der Waals surface area (Å²) in [5.41, 5.74) is 3.10. The van der Waals surface area contributed by atoms with Gasteiger partial charge in [0.1, 0.15) is 12.1 Å². The van der Waals surface area contributed by atoms with E-state index >= 15 is 0 Å². The quantitative estimate of drug-likeness (QED) is 0.129. The highest BCUT2D eigenvalue weighted by atomic mass is 79.9. The third-order valence-electron chi connectivity index (χ3n) is 3.95. The number of hydrogen-bond donors (Lipinski definition) is 6. The predicted molar refractivity (Wildman–Crippen MR) is 118 cm³/mol. The molecule has 1 atom stereocenters. The van der Waals surface area contributed by atoms with Crippen LogP contribution in [0, 0.1) is 0 Å². The number of carboxylic acid groups (broad SMARTS) is 1. The normalized spacial score (nSPS) is 11.7. The molecular formula is C19H19BrClN5O5. The maximum Gasteiger partial charge on any atom is 0.305 e. The van der Waals surface area contributed by atoms with Crippen LogP contribution in [-0.2, 0) is 9.59 Å². The number of carbonyl (C=O) groups is 3. The van der Waals surface area contributed by atoms with E-state index < -0.39 is 36.8 Å². The molecule has 2 amide bonds. The van der Waals surface area contributed by atoms with Crippen LogP contribution < -0.4 is 21.9 Å². The van der Waals surface area contributed by atoms with Crippen molar-refractivity contribution in [2.75, 3.05) is 6.54 Å². The van der Waals surface area contributed by atoms with Crippen molar-refractivity contribution in [1.29, 1.82) is 0 Å². The summed E-state index contributed by atoms with van der Waals surface area (Å²) >= 11 is 9.14. The molecule has 0 radical (unpaired) electrons. The van der Waals surface area contributed by atoms with E-state index in [4.69, 9.17) is 17.4 Å². The van der Waals surface area contributed by atoms with E-state index in [1.54, 1.807) is 12.1 Å². The molecule has 164 valence electrons. The second kappa shape index (κ2) is 11.3. The Morgan fingerprint density at radius 1 is 1.26 bits per heavy atom. The van der Waals surface area contributed by atoms with Crippen LogP contribution in [0.1, 0.15) is 28.4 Å². The van der Waals surface area contributed by atoms with Crippen molar-refractivity contribution in [3.8, 4) is 5.75 Å². The molecule has 0 saturated carbocycles. The average molecular weight is 513 g/mol. The van der Waals surface area contributed by atoms with E-state index in [2.05, 4.69) is 37.0 Å². The molecule has 10 nitrogen and oxygen atoms in total. The summed E-state index contributed by atoms with van der Waals surface area (Å²) in [4.78, 5) is 39.9. The predicted octanol–water partition coefficient (Wildman–Crippen LogP) is 1.99. The molecule has 0 bridgehead atoms. The fourth-order valence-electron chi connectivity index (χ4n) is 2.61. The number of rotatable bonds is 9. The summed E-state index contributed by atoms with van der Waals surface area (Å²) in [5, 5.41) is 24.3. The number of halogens is 2. The molecule has 0 fully saturated rings. The Morgan fingerprint density at radius 2 is 2.00 bits per heavy atom. The maximum absolute atomic E-state index is 12.3. The number of carboxylic acids is 1. The molecule has 2 rings (SSSR count). The molecule has 0 aliphatic rings. The average Bonchev–Trinajstić information content (AvgIpc) is 2.72. The highest BCUT2D eigenvalue weighted by Gasteiger charge is 2.23. The van der Waals surface area contributed by atoms with Crippen molar-refractivity contribution in [3.05, 3.63) is 57.0 Å². The molecule has 0 heterocycles. The van der Waals surface area contributed by atoms with E-state index in [1.165, 1.54) is 30.6 Å². The maximum atomic E-state index is 12.3. The van der Waals surface area contributed by atoms with Crippen molar-refractivity contribution in [2.24, 2.45) is 10.8 Å². The molecule has 1 unspecified atom stereocenters. The minimum absolute atomic E-state index is 0.00491. The van der Waals surface area contributed by atoms with Gasteiger partial charge in [0.05, 0.1) is 29.7 Å². The monoisotopic (exact) mass is 511 g/mol. The summed E-state index contributed by atoms with van der Waals surface area (Å²) in [6.07, 6.45) is 0.742. The minimum Gasteiger partial charge on any atom is -0.506 e. The summed E-state index contributed by atoms with van der Waals surface area (Å²) in [5.74, 6) is 2.38. The van der Waals surface area contributed by atoms with Gasteiger partial charge in [-0.25, -0.2) is 10.8 Å². The fourth-order valence-corrected chi connectivity index (χ4v) is 3.45. The highest BCUT2D eigenvalue weighted by molar-refractivity contribution is 9.10. The number of benzene rings is 2. The van der Waals surface area contributed by atoms with Gasteiger partial charge in [0.2, 0.25) is 5.91 Å². The molecule has 7 N–H and O–H groups in total. The van der Waals surface area contributed by atoms with Crippen molar-refractivity contribution in [2.45, 2.75) is 12.5 Å². The molecule has 0 aliphatic carbocycles. The molecule has 0 aromatic heterocycles. The van der Waals surface area contributed by atoms with Gasteiger partial charge in [-0.2, -0.15) is 0 Å². The van der Waals surface area contributed by atoms with Gasteiger partial charge in [-0.1, -0.05) is 33.6 Å². The van der Waals surface area contributed by atoms with Crippen molar-refractivity contribution < 1.29 is 24.6 Å². The molecule has 2 aromatic carbocycles. The van der Waals surface area contributed by atoms with Gasteiger partial charge >= 0.3 is 5.97 Å². The van der Waals surface area contributed by atoms with Crippen LogP contribution >= 0.6 is 27.5 Å². The lowest BCUT2D eigenvalue weighted by Crippen LogP contribution is -2.39. The van der Waals surface area contributed by atoms with Gasteiger partial charge in [-0.05, 0) is 30.3 Å². The zero-order chi connectivity index (χ0) is 23.0. The Balaban J connectivity index is 2.07. The lowest BCUT2D eigenvalue weighted by molar-refractivity contribution is -0.137. The van der Waals surface area contributed by atoms with Crippen LogP contribution in [0.4, 0.5) is 5.69 Å². The van der Waals surface area contributed by atoms with Gasteiger partial charge in [-0.15, -0.1) is 0 Å². The van der Waals surface area contributed by atoms with Crippen LogP contribution in [0.3, 0.4) is 0 Å². The molecule has 0 aliphatic heterocycles. The van der Waals surface area contributed by atoms with Gasteiger partial charge in [0.25, 0.3) is 5.91 Å². The zero-order valence-electron chi connectivity index (χ0n) is 15.9. The van der Waals surface area contributed by atoms with Crippen LogP contribution in [0.5, 0.6) is 5.75 Å². The summed E-state index contributed by atoms with van der Waals surface area (Å²) in [7, 11) is 0. The molecule has 0 spiro atoms. The van der Waals surface area contributed by atoms with Crippen molar-refractivity contribution in [1.82, 2.24) is 16.1 Å². The summed E-state index contributed by atoms with van der Waals surface area (Å²) < 4.78 is 0.496. The van der Waals surface area contributed by atoms with Crippen LogP contribution in [0.15, 0.2) is 45.9 Å². The van der Waals surface area contributed by atoms with E-state index in [0.29, 0.717) is 10.2 Å². The number of hydrogen-bond acceptors (Lipinski definition) is 6. The number of nitrogens with zero attached hydrogens (tertiary/aromatic N) is 1. The number of carbonyl (C=O) groups excluding carboxylic acids is 2. The second-order valence-electron chi connectivity index (χ2n) is 6.20. The number of phenols is 1.